The number of carbonyl (C=O) groups excluding carboxylic acids is 2. The molecule has 136 valence electrons. The minimum absolute atomic E-state index is 0.0409. The lowest BCUT2D eigenvalue weighted by Crippen LogP contribution is -2.37. The zero-order valence-corrected chi connectivity index (χ0v) is 15.2. The predicted molar refractivity (Wildman–Crippen MR) is 99.2 cm³/mol. The molecule has 0 saturated carbocycles. The van der Waals surface area contributed by atoms with Crippen LogP contribution in [0.4, 0.5) is 5.69 Å². The van der Waals surface area contributed by atoms with Crippen LogP contribution in [0, 0.1) is 0 Å². The first kappa shape index (κ1) is 18.1. The quantitative estimate of drug-likeness (QED) is 0.873. The molecule has 2 aromatic rings. The average molecular weight is 375 g/mol. The molecular weight excluding hydrogens is 356 g/mol. The Balaban J connectivity index is 1.71. The molecule has 0 unspecified atom stereocenters. The number of nitrogens with zero attached hydrogens (tertiary/aromatic N) is 1. The number of amides is 2. The number of hydrogen-bond acceptors (Lipinski definition) is 4. The molecule has 1 N–H and O–H groups in total. The Kier molecular flexibility index (Phi) is 5.32. The molecular formula is C19H19ClN2O4. The molecule has 0 radical (unpaired) electrons. The van der Waals surface area contributed by atoms with E-state index < -0.39 is 0 Å². The third-order valence-electron chi connectivity index (χ3n) is 4.21. The van der Waals surface area contributed by atoms with Crippen molar-refractivity contribution in [1.82, 2.24) is 5.32 Å². The molecule has 1 saturated heterocycles. The summed E-state index contributed by atoms with van der Waals surface area (Å²) in [5, 5.41) is 3.51. The van der Waals surface area contributed by atoms with E-state index in [0.29, 0.717) is 28.6 Å². The van der Waals surface area contributed by atoms with Crippen molar-refractivity contribution in [1.29, 1.82) is 0 Å². The molecule has 1 aliphatic rings. The van der Waals surface area contributed by atoms with Crippen LogP contribution in [0.2, 0.25) is 5.02 Å². The van der Waals surface area contributed by atoms with E-state index in [9.17, 15) is 9.59 Å². The maximum Gasteiger partial charge on any atom is 0.251 e. The molecule has 0 spiro atoms. The summed E-state index contributed by atoms with van der Waals surface area (Å²) in [4.78, 5) is 26.5. The van der Waals surface area contributed by atoms with E-state index in [1.165, 1.54) is 14.2 Å². The average Bonchev–Trinajstić information content (AvgIpc) is 3.01. The summed E-state index contributed by atoms with van der Waals surface area (Å²) >= 11 is 5.89. The van der Waals surface area contributed by atoms with Crippen LogP contribution >= 0.6 is 11.6 Å². The summed E-state index contributed by atoms with van der Waals surface area (Å²) in [6.07, 6.45) is 0.246. The van der Waals surface area contributed by atoms with E-state index in [1.54, 1.807) is 47.4 Å². The van der Waals surface area contributed by atoms with Crippen LogP contribution in [0.3, 0.4) is 0 Å². The van der Waals surface area contributed by atoms with Crippen LogP contribution < -0.4 is 19.7 Å². The number of hydrogen-bond donors (Lipinski definition) is 1. The lowest BCUT2D eigenvalue weighted by atomic mass is 10.1. The van der Waals surface area contributed by atoms with E-state index in [4.69, 9.17) is 21.1 Å². The molecule has 6 nitrogen and oxygen atoms in total. The second-order valence-corrected chi connectivity index (χ2v) is 6.39. The van der Waals surface area contributed by atoms with Gasteiger partial charge in [0.25, 0.3) is 5.91 Å². The van der Waals surface area contributed by atoms with Crippen LogP contribution in [0.25, 0.3) is 0 Å². The first-order chi connectivity index (χ1) is 12.5. The van der Waals surface area contributed by atoms with Gasteiger partial charge in [-0.15, -0.1) is 0 Å². The summed E-state index contributed by atoms with van der Waals surface area (Å²) < 4.78 is 10.4. The van der Waals surface area contributed by atoms with Gasteiger partial charge in [-0.25, -0.2) is 0 Å². The van der Waals surface area contributed by atoms with Crippen LogP contribution in [0.1, 0.15) is 16.8 Å². The SMILES string of the molecule is COc1cc(OC)cc(C(=O)N[C@H]2CC(=O)N(c3ccc(Cl)cc3)C2)c1. The number of nitrogens with one attached hydrogen (secondary N) is 1. The molecule has 1 heterocycles. The Morgan fingerprint density at radius 1 is 1.12 bits per heavy atom. The number of rotatable bonds is 5. The molecule has 0 aromatic heterocycles. The minimum atomic E-state index is -0.280. The Labute approximate surface area is 156 Å². The largest absolute Gasteiger partial charge is 0.497 e. The highest BCUT2D eigenvalue weighted by atomic mass is 35.5. The summed E-state index contributed by atoms with van der Waals surface area (Å²) in [6.45, 7) is 0.410. The summed E-state index contributed by atoms with van der Waals surface area (Å²) in [5.74, 6) is 0.735. The Morgan fingerprint density at radius 2 is 1.73 bits per heavy atom. The smallest absolute Gasteiger partial charge is 0.251 e. The zero-order valence-electron chi connectivity index (χ0n) is 14.5. The monoisotopic (exact) mass is 374 g/mol. The van der Waals surface area contributed by atoms with Gasteiger partial charge in [0.15, 0.2) is 0 Å². The predicted octanol–water partition coefficient (Wildman–Crippen LogP) is 2.89. The number of methoxy groups -OCH3 is 2. The Bertz CT molecular complexity index is 801. The van der Waals surface area contributed by atoms with Crippen LogP contribution in [-0.2, 0) is 4.79 Å². The second-order valence-electron chi connectivity index (χ2n) is 5.96. The number of ether oxygens (including phenoxy) is 2. The maximum atomic E-state index is 12.6. The van der Waals surface area contributed by atoms with Crippen molar-refractivity contribution in [2.45, 2.75) is 12.5 Å². The first-order valence-corrected chi connectivity index (χ1v) is 8.48. The number of halogens is 1. The third kappa shape index (κ3) is 3.91. The molecule has 0 aliphatic carbocycles. The zero-order chi connectivity index (χ0) is 18.7. The van der Waals surface area contributed by atoms with Crippen molar-refractivity contribution in [3.8, 4) is 11.5 Å². The topological polar surface area (TPSA) is 67.9 Å². The fourth-order valence-electron chi connectivity index (χ4n) is 2.88. The van der Waals surface area contributed by atoms with Crippen molar-refractivity contribution in [3.05, 3.63) is 53.1 Å². The normalized spacial score (nSPS) is 16.5. The van der Waals surface area contributed by atoms with Gasteiger partial charge in [0.2, 0.25) is 5.91 Å². The second kappa shape index (κ2) is 7.66. The highest BCUT2D eigenvalue weighted by molar-refractivity contribution is 6.30. The van der Waals surface area contributed by atoms with Gasteiger partial charge in [-0.05, 0) is 36.4 Å². The van der Waals surface area contributed by atoms with E-state index in [1.807, 2.05) is 0 Å². The molecule has 3 rings (SSSR count). The van der Waals surface area contributed by atoms with Gasteiger partial charge in [0.1, 0.15) is 11.5 Å². The fraction of sp³-hybridized carbons (Fsp3) is 0.263. The van der Waals surface area contributed by atoms with Gasteiger partial charge >= 0.3 is 0 Å². The molecule has 1 fully saturated rings. The van der Waals surface area contributed by atoms with Crippen LogP contribution in [0.15, 0.2) is 42.5 Å². The lowest BCUT2D eigenvalue weighted by molar-refractivity contribution is -0.117. The molecule has 7 heteroatoms. The summed E-state index contributed by atoms with van der Waals surface area (Å²) in [6, 6.07) is 11.7. The first-order valence-electron chi connectivity index (χ1n) is 8.10. The van der Waals surface area contributed by atoms with Crippen molar-refractivity contribution in [2.24, 2.45) is 0 Å². The summed E-state index contributed by atoms with van der Waals surface area (Å²) in [7, 11) is 3.05. The lowest BCUT2D eigenvalue weighted by Gasteiger charge is -2.17. The minimum Gasteiger partial charge on any atom is -0.497 e. The van der Waals surface area contributed by atoms with E-state index in [-0.39, 0.29) is 24.3 Å². The fourth-order valence-corrected chi connectivity index (χ4v) is 3.01. The molecule has 1 aliphatic heterocycles. The molecule has 1 atom stereocenters. The number of benzene rings is 2. The number of carbonyl (C=O) groups is 2. The van der Waals surface area contributed by atoms with Gasteiger partial charge in [-0.3, -0.25) is 9.59 Å². The number of anilines is 1. The van der Waals surface area contributed by atoms with Gasteiger partial charge in [-0.2, -0.15) is 0 Å². The Morgan fingerprint density at radius 3 is 2.31 bits per heavy atom. The van der Waals surface area contributed by atoms with Crippen molar-refractivity contribution in [2.75, 3.05) is 25.7 Å². The van der Waals surface area contributed by atoms with E-state index in [0.717, 1.165) is 5.69 Å². The maximum absolute atomic E-state index is 12.6. The Hall–Kier alpha value is -2.73. The van der Waals surface area contributed by atoms with Crippen molar-refractivity contribution in [3.63, 3.8) is 0 Å². The standard InChI is InChI=1S/C19H19ClN2O4/c1-25-16-7-12(8-17(10-16)26-2)19(24)21-14-9-18(23)22(11-14)15-5-3-13(20)4-6-15/h3-8,10,14H,9,11H2,1-2H3,(H,21,24)/t14-/m0/s1. The van der Waals surface area contributed by atoms with Gasteiger partial charge < -0.3 is 19.7 Å². The molecule has 2 amide bonds. The van der Waals surface area contributed by atoms with Crippen molar-refractivity contribution >= 4 is 29.1 Å². The van der Waals surface area contributed by atoms with E-state index in [2.05, 4.69) is 5.32 Å². The summed E-state index contributed by atoms with van der Waals surface area (Å²) in [5.41, 5.74) is 1.18. The van der Waals surface area contributed by atoms with Crippen molar-refractivity contribution < 1.29 is 19.1 Å². The molecule has 0 bridgehead atoms. The van der Waals surface area contributed by atoms with Gasteiger partial charge in [-0.1, -0.05) is 11.6 Å². The third-order valence-corrected chi connectivity index (χ3v) is 4.46. The van der Waals surface area contributed by atoms with Gasteiger partial charge in [0, 0.05) is 35.3 Å². The highest BCUT2D eigenvalue weighted by Crippen LogP contribution is 2.25. The van der Waals surface area contributed by atoms with E-state index >= 15 is 0 Å². The van der Waals surface area contributed by atoms with Crippen LogP contribution in [0.5, 0.6) is 11.5 Å². The highest BCUT2D eigenvalue weighted by Gasteiger charge is 2.31. The molecule has 2 aromatic carbocycles. The van der Waals surface area contributed by atoms with Crippen LogP contribution in [-0.4, -0.2) is 38.6 Å². The van der Waals surface area contributed by atoms with Gasteiger partial charge in [0.05, 0.1) is 20.3 Å². The molecule has 26 heavy (non-hydrogen) atoms.